The van der Waals surface area contributed by atoms with Crippen molar-refractivity contribution < 1.29 is 23.1 Å². The van der Waals surface area contributed by atoms with Crippen molar-refractivity contribution in [2.45, 2.75) is 24.9 Å². The van der Waals surface area contributed by atoms with Crippen LogP contribution in [0.1, 0.15) is 40.6 Å². The van der Waals surface area contributed by atoms with Crippen LogP contribution in [0.5, 0.6) is 5.75 Å². The van der Waals surface area contributed by atoms with E-state index in [1.54, 1.807) is 12.1 Å². The van der Waals surface area contributed by atoms with Gasteiger partial charge in [-0.25, -0.2) is 9.50 Å². The van der Waals surface area contributed by atoms with Crippen LogP contribution in [-0.2, 0) is 6.18 Å². The second-order valence-corrected chi connectivity index (χ2v) is 6.11. The third kappa shape index (κ3) is 2.96. The summed E-state index contributed by atoms with van der Waals surface area (Å²) in [4.78, 5) is 16.5. The molecule has 2 heterocycles. The van der Waals surface area contributed by atoms with Gasteiger partial charge in [0.15, 0.2) is 11.3 Å². The maximum atomic E-state index is 13.4. The second-order valence-electron chi connectivity index (χ2n) is 6.11. The number of aromatic nitrogens is 3. The van der Waals surface area contributed by atoms with E-state index < -0.39 is 17.8 Å². The van der Waals surface area contributed by atoms with Crippen LogP contribution in [0.15, 0.2) is 36.4 Å². The van der Waals surface area contributed by atoms with Crippen LogP contribution in [0.25, 0.3) is 5.65 Å². The topological polar surface area (TPSA) is 79.5 Å². The van der Waals surface area contributed by atoms with Crippen molar-refractivity contribution in [3.05, 3.63) is 53.5 Å². The molecule has 2 aromatic heterocycles. The maximum Gasteiger partial charge on any atom is 0.433 e. The summed E-state index contributed by atoms with van der Waals surface area (Å²) >= 11 is 0. The Kier molecular flexibility index (Phi) is 3.60. The van der Waals surface area contributed by atoms with Crippen molar-refractivity contribution >= 4 is 17.2 Å². The number of para-hydroxylation sites is 2. The molecule has 9 heteroatoms. The molecule has 0 atom stereocenters. The number of fused-ring (bicyclic) bond motifs is 1. The van der Waals surface area contributed by atoms with E-state index in [1.807, 2.05) is 0 Å². The van der Waals surface area contributed by atoms with E-state index in [2.05, 4.69) is 15.4 Å². The molecule has 1 amide bonds. The van der Waals surface area contributed by atoms with Crippen LogP contribution in [0.2, 0.25) is 0 Å². The summed E-state index contributed by atoms with van der Waals surface area (Å²) in [5.74, 6) is -0.873. The Labute approximate surface area is 145 Å². The van der Waals surface area contributed by atoms with Crippen LogP contribution in [0.3, 0.4) is 0 Å². The molecule has 1 saturated carbocycles. The molecule has 1 fully saturated rings. The van der Waals surface area contributed by atoms with Crippen molar-refractivity contribution in [1.82, 2.24) is 14.6 Å². The fourth-order valence-electron chi connectivity index (χ4n) is 2.66. The van der Waals surface area contributed by atoms with Gasteiger partial charge in [0, 0.05) is 17.7 Å². The monoisotopic (exact) mass is 362 g/mol. The average molecular weight is 362 g/mol. The number of alkyl halides is 3. The summed E-state index contributed by atoms with van der Waals surface area (Å²) in [6, 6.07) is 8.22. The predicted octanol–water partition coefficient (Wildman–Crippen LogP) is 3.58. The first kappa shape index (κ1) is 16.4. The normalized spacial score (nSPS) is 14.6. The number of phenolic OH excluding ortho intramolecular Hbond substituents is 1. The third-order valence-electron chi connectivity index (χ3n) is 4.12. The lowest BCUT2D eigenvalue weighted by Crippen LogP contribution is -2.16. The van der Waals surface area contributed by atoms with E-state index in [1.165, 1.54) is 18.2 Å². The number of halogens is 3. The van der Waals surface area contributed by atoms with Gasteiger partial charge in [-0.2, -0.15) is 18.3 Å². The van der Waals surface area contributed by atoms with E-state index in [0.29, 0.717) is 10.2 Å². The zero-order chi connectivity index (χ0) is 18.5. The first-order chi connectivity index (χ1) is 12.3. The molecule has 26 heavy (non-hydrogen) atoms. The highest BCUT2D eigenvalue weighted by atomic mass is 19.4. The number of nitrogens with zero attached hydrogens (tertiary/aromatic N) is 3. The Morgan fingerprint density at radius 1 is 1.23 bits per heavy atom. The molecule has 3 aromatic rings. The van der Waals surface area contributed by atoms with Gasteiger partial charge in [-0.05, 0) is 31.0 Å². The van der Waals surface area contributed by atoms with Crippen LogP contribution < -0.4 is 5.32 Å². The summed E-state index contributed by atoms with van der Waals surface area (Å²) in [6.07, 6.45) is -3.02. The molecular weight excluding hydrogens is 349 g/mol. The molecule has 0 aliphatic heterocycles. The number of anilines is 1. The third-order valence-corrected chi connectivity index (χ3v) is 4.12. The van der Waals surface area contributed by atoms with Gasteiger partial charge in [0.2, 0.25) is 0 Å². The summed E-state index contributed by atoms with van der Waals surface area (Å²) in [7, 11) is 0. The molecule has 2 N–H and O–H groups in total. The average Bonchev–Trinajstić information content (AvgIpc) is 3.34. The molecule has 0 spiro atoms. The van der Waals surface area contributed by atoms with Gasteiger partial charge in [-0.1, -0.05) is 12.1 Å². The molecule has 1 aliphatic carbocycles. The van der Waals surface area contributed by atoms with Gasteiger partial charge in [-0.15, -0.1) is 0 Å². The number of amides is 1. The molecule has 0 bridgehead atoms. The van der Waals surface area contributed by atoms with Gasteiger partial charge < -0.3 is 10.4 Å². The highest BCUT2D eigenvalue weighted by molar-refractivity contribution is 6.04. The zero-order valence-corrected chi connectivity index (χ0v) is 13.3. The van der Waals surface area contributed by atoms with Crippen LogP contribution >= 0.6 is 0 Å². The van der Waals surface area contributed by atoms with Gasteiger partial charge in [0.05, 0.1) is 5.69 Å². The molecule has 1 aliphatic rings. The summed E-state index contributed by atoms with van der Waals surface area (Å²) < 4.78 is 40.7. The lowest BCUT2D eigenvalue weighted by Gasteiger charge is -2.10. The Balaban J connectivity index is 1.75. The van der Waals surface area contributed by atoms with Crippen molar-refractivity contribution in [1.29, 1.82) is 0 Å². The molecule has 0 radical (unpaired) electrons. The molecule has 6 nitrogen and oxygen atoms in total. The summed E-state index contributed by atoms with van der Waals surface area (Å²) in [6.45, 7) is 0. The van der Waals surface area contributed by atoms with Crippen LogP contribution in [-0.4, -0.2) is 25.6 Å². The Hall–Kier alpha value is -3.10. The second kappa shape index (κ2) is 5.72. The minimum Gasteiger partial charge on any atom is -0.506 e. The van der Waals surface area contributed by atoms with Crippen molar-refractivity contribution in [3.8, 4) is 5.75 Å². The standard InChI is InChI=1S/C17H13F3N4O2/c18-17(19,20)14-7-11(9-5-6-9)21-15-8-12(23-24(14)15)16(26)22-10-3-1-2-4-13(10)25/h1-4,7-9,25H,5-6H2,(H,22,26). The molecule has 0 saturated heterocycles. The van der Waals surface area contributed by atoms with Crippen LogP contribution in [0, 0.1) is 0 Å². The Morgan fingerprint density at radius 2 is 1.96 bits per heavy atom. The van der Waals surface area contributed by atoms with E-state index in [4.69, 9.17) is 0 Å². The number of rotatable bonds is 3. The van der Waals surface area contributed by atoms with Crippen molar-refractivity contribution in [2.75, 3.05) is 5.32 Å². The number of hydrogen-bond donors (Lipinski definition) is 2. The highest BCUT2D eigenvalue weighted by Crippen LogP contribution is 2.41. The first-order valence-corrected chi connectivity index (χ1v) is 7.90. The number of hydrogen-bond acceptors (Lipinski definition) is 4. The Bertz CT molecular complexity index is 1010. The number of aromatic hydroxyl groups is 1. The number of benzene rings is 1. The first-order valence-electron chi connectivity index (χ1n) is 7.90. The maximum absolute atomic E-state index is 13.4. The van der Waals surface area contributed by atoms with Crippen molar-refractivity contribution in [3.63, 3.8) is 0 Å². The van der Waals surface area contributed by atoms with E-state index in [-0.39, 0.29) is 28.7 Å². The summed E-state index contributed by atoms with van der Waals surface area (Å²) in [5.41, 5.74) is -0.732. The minimum atomic E-state index is -4.62. The lowest BCUT2D eigenvalue weighted by molar-refractivity contribution is -0.142. The van der Waals surface area contributed by atoms with Crippen LogP contribution in [0.4, 0.5) is 18.9 Å². The Morgan fingerprint density at radius 3 is 2.62 bits per heavy atom. The number of nitrogens with one attached hydrogen (secondary N) is 1. The SMILES string of the molecule is O=C(Nc1ccccc1O)c1cc2nc(C3CC3)cc(C(F)(F)F)n2n1. The fourth-order valence-corrected chi connectivity index (χ4v) is 2.66. The smallest absolute Gasteiger partial charge is 0.433 e. The molecule has 0 unspecified atom stereocenters. The van der Waals surface area contributed by atoms with Gasteiger partial charge >= 0.3 is 6.18 Å². The van der Waals surface area contributed by atoms with Crippen molar-refractivity contribution in [2.24, 2.45) is 0 Å². The van der Waals surface area contributed by atoms with Gasteiger partial charge in [0.1, 0.15) is 11.4 Å². The number of carbonyl (C=O) groups excluding carboxylic acids is 1. The van der Waals surface area contributed by atoms with E-state index in [0.717, 1.165) is 18.9 Å². The largest absolute Gasteiger partial charge is 0.506 e. The fraction of sp³-hybridized carbons (Fsp3) is 0.235. The molecular formula is C17H13F3N4O2. The zero-order valence-electron chi connectivity index (χ0n) is 13.3. The van der Waals surface area contributed by atoms with Gasteiger partial charge in [0.25, 0.3) is 5.91 Å². The predicted molar refractivity (Wildman–Crippen MR) is 86.0 cm³/mol. The highest BCUT2D eigenvalue weighted by Gasteiger charge is 2.37. The summed E-state index contributed by atoms with van der Waals surface area (Å²) in [5, 5.41) is 15.9. The molecule has 1 aromatic carbocycles. The lowest BCUT2D eigenvalue weighted by atomic mass is 10.2. The number of phenols is 1. The number of carbonyl (C=O) groups is 1. The van der Waals surface area contributed by atoms with E-state index >= 15 is 0 Å². The van der Waals surface area contributed by atoms with E-state index in [9.17, 15) is 23.1 Å². The van der Waals surface area contributed by atoms with Gasteiger partial charge in [-0.3, -0.25) is 4.79 Å². The molecule has 134 valence electrons. The minimum absolute atomic E-state index is 0.0227. The molecule has 4 rings (SSSR count). The quantitative estimate of drug-likeness (QED) is 0.698.